The molecule has 3 aliphatic rings. The van der Waals surface area contributed by atoms with Crippen molar-refractivity contribution in [2.75, 3.05) is 105 Å². The molecular formula is C86H129N14O19-. The van der Waals surface area contributed by atoms with Crippen molar-refractivity contribution in [2.24, 2.45) is 57.9 Å². The number of likely N-dealkylation sites (N-methyl/N-ethyl adjacent to an activating group) is 1. The number of aliphatic hydroxyl groups excluding tert-OH is 1. The van der Waals surface area contributed by atoms with Crippen molar-refractivity contribution >= 4 is 105 Å². The number of Topliss-reactive ketones (excluding diaryl/α,β-unsaturated/α-hetero) is 6. The highest BCUT2D eigenvalue weighted by atomic mass is 16.4. The number of para-hydroxylation sites is 1. The second-order valence-corrected chi connectivity index (χ2v) is 33.2. The molecule has 4 heterocycles. The van der Waals surface area contributed by atoms with Crippen molar-refractivity contribution in [3.05, 3.63) is 83.7 Å². The number of aromatic amines is 1. The monoisotopic (exact) mass is 1660 g/mol. The van der Waals surface area contributed by atoms with Gasteiger partial charge in [0.2, 0.25) is 35.4 Å². The van der Waals surface area contributed by atoms with Crippen LogP contribution in [0.1, 0.15) is 163 Å². The van der Waals surface area contributed by atoms with E-state index in [-0.39, 0.29) is 208 Å². The van der Waals surface area contributed by atoms with Crippen molar-refractivity contribution < 1.29 is 92.3 Å². The average Bonchev–Trinajstić information content (AvgIpc) is 1.69. The lowest BCUT2D eigenvalue weighted by Gasteiger charge is -2.34. The zero-order valence-corrected chi connectivity index (χ0v) is 70.8. The third-order valence-electron chi connectivity index (χ3n) is 21.9. The third kappa shape index (κ3) is 38.1. The number of aromatic nitrogens is 1. The Morgan fingerprint density at radius 1 is 0.563 bits per heavy atom. The lowest BCUT2D eigenvalue weighted by molar-refractivity contribution is -0.306. The Labute approximate surface area is 698 Å². The summed E-state index contributed by atoms with van der Waals surface area (Å²) < 4.78 is 0. The second kappa shape index (κ2) is 51.7. The van der Waals surface area contributed by atoms with Gasteiger partial charge in [-0.15, -0.1) is 0 Å². The molecule has 33 nitrogen and oxygen atoms in total. The minimum absolute atomic E-state index is 0.0123. The molecule has 3 aromatic rings. The molecule has 2 saturated heterocycles. The number of carboxylic acid groups (broad SMARTS) is 3. The first-order chi connectivity index (χ1) is 56.3. The number of likely N-dealkylation sites (tertiary alicyclic amines) is 1. The standard InChI is InChI=1S/C55H77N9O13.C31H53N5O6/c1-37(38(2)65)26-48(67)47(29-42-31-57-45-11-7-6-10-44(42)45)59-55(77)41(12-13-50(56)69)30-49(68)46(28-39-8-4-3-5-9-39)58-51(70)33-60-16-14-40(15-17-60)27-43(66)32-61-18-20-62(34-52(71)72)22-24-64(36-54(75)76)25-23-63(21-19-61)35-53(73)74;1-18(2)13-21(26(38)17-29(41)36-24(31(32)42)14-19(3)4)15-27(39)23(16-22-9-8-12-34-22)35-28(40)11-10-25(37)30(33-7)20(5)6/h3-11,31,37,40-41,46-47,57H,12-30,32-36H2,1-2H3,(H2,56,69)(H,58,70)(H,59,77)(H,71,72)(H,73,74)(H,75,76);9,12,18-21,23-24,26,30,33,38H,8,10-11,13-17H2,1-7H3,(H2,32,42)(H,35,40)(H,36,41)/p-1/t37-,41-,46-,47+;21-,23+,24+,26+,30+/m11/s1. The molecule has 1 aromatic heterocycles. The molecule has 0 saturated carbocycles. The molecule has 0 unspecified atom stereocenters. The summed E-state index contributed by atoms with van der Waals surface area (Å²) in [5, 5.41) is 56.7. The number of aliphatic imine (C=N–C) groups is 1. The number of aliphatic hydroxyl groups is 1. The van der Waals surface area contributed by atoms with Crippen LogP contribution < -0.4 is 43.2 Å². The van der Waals surface area contributed by atoms with E-state index in [4.69, 9.17) is 11.5 Å². The van der Waals surface area contributed by atoms with Crippen molar-refractivity contribution in [3.8, 4) is 0 Å². The molecule has 13 N–H and O–H groups in total. The van der Waals surface area contributed by atoms with E-state index >= 15 is 0 Å². The van der Waals surface area contributed by atoms with Crippen molar-refractivity contribution in [2.45, 2.75) is 201 Å². The van der Waals surface area contributed by atoms with E-state index in [1.807, 2.05) is 99.9 Å². The van der Waals surface area contributed by atoms with Crippen LogP contribution in [0.2, 0.25) is 0 Å². The maximum absolute atomic E-state index is 14.4. The molecule has 0 radical (unpaired) electrons. The number of piperidine rings is 1. The molecule has 119 heavy (non-hydrogen) atoms. The molecule has 33 heteroatoms. The van der Waals surface area contributed by atoms with Gasteiger partial charge in [-0.3, -0.25) is 96.6 Å². The zero-order valence-electron chi connectivity index (χ0n) is 70.8. The van der Waals surface area contributed by atoms with Gasteiger partial charge in [-0.2, -0.15) is 0 Å². The maximum Gasteiger partial charge on any atom is 0.317 e. The topological polar surface area (TPSA) is 496 Å². The number of amides is 6. The van der Waals surface area contributed by atoms with Gasteiger partial charge in [-0.05, 0) is 112 Å². The van der Waals surface area contributed by atoms with Gasteiger partial charge >= 0.3 is 11.9 Å². The first kappa shape index (κ1) is 99.9. The fraction of sp³-hybridized carbons (Fsp3) is 0.628. The van der Waals surface area contributed by atoms with Crippen LogP contribution in [0.4, 0.5) is 0 Å². The lowest BCUT2D eigenvalue weighted by Crippen LogP contribution is -2.50. The van der Waals surface area contributed by atoms with E-state index in [2.05, 4.69) is 36.6 Å². The van der Waals surface area contributed by atoms with Gasteiger partial charge in [-0.1, -0.05) is 103 Å². The summed E-state index contributed by atoms with van der Waals surface area (Å²) in [6.45, 7) is 16.8. The number of benzene rings is 2. The number of nitrogens with zero attached hydrogens (tertiary/aromatic N) is 6. The van der Waals surface area contributed by atoms with Crippen LogP contribution in [0.3, 0.4) is 0 Å². The van der Waals surface area contributed by atoms with Crippen molar-refractivity contribution in [1.82, 2.24) is 56.1 Å². The fourth-order valence-electron chi connectivity index (χ4n) is 15.2. The van der Waals surface area contributed by atoms with Gasteiger partial charge < -0.3 is 68.3 Å². The van der Waals surface area contributed by atoms with Crippen LogP contribution in [0.5, 0.6) is 0 Å². The number of carbonyl (C=O) groups excluding carboxylic acids is 13. The molecule has 0 aliphatic carbocycles. The Morgan fingerprint density at radius 2 is 1.09 bits per heavy atom. The number of H-pyrrole nitrogens is 1. The number of ketones is 6. The average molecular weight is 1660 g/mol. The van der Waals surface area contributed by atoms with Crippen molar-refractivity contribution in [3.63, 3.8) is 0 Å². The first-order valence-corrected chi connectivity index (χ1v) is 41.6. The zero-order chi connectivity index (χ0) is 88.0. The summed E-state index contributed by atoms with van der Waals surface area (Å²) in [7, 11) is 1.71. The van der Waals surface area contributed by atoms with Crippen LogP contribution in [-0.4, -0.2) is 281 Å². The summed E-state index contributed by atoms with van der Waals surface area (Å²) in [4.78, 5) is 209. The van der Waals surface area contributed by atoms with Crippen LogP contribution in [0.25, 0.3) is 10.9 Å². The molecule has 2 fully saturated rings. The third-order valence-corrected chi connectivity index (χ3v) is 21.9. The van der Waals surface area contributed by atoms with E-state index in [1.54, 1.807) is 53.2 Å². The van der Waals surface area contributed by atoms with Crippen LogP contribution in [0, 0.1) is 41.4 Å². The minimum atomic E-state index is -1.29. The molecule has 658 valence electrons. The first-order valence-electron chi connectivity index (χ1n) is 41.6. The maximum atomic E-state index is 14.4. The Morgan fingerprint density at radius 3 is 1.63 bits per heavy atom. The van der Waals surface area contributed by atoms with Crippen molar-refractivity contribution in [1.29, 1.82) is 0 Å². The largest absolute Gasteiger partial charge is 0.549 e. The van der Waals surface area contributed by atoms with E-state index in [9.17, 15) is 92.3 Å². The molecule has 0 spiro atoms. The second-order valence-electron chi connectivity index (χ2n) is 33.2. The van der Waals surface area contributed by atoms with Crippen LogP contribution in [0.15, 0.2) is 77.6 Å². The lowest BCUT2D eigenvalue weighted by atomic mass is 9.84. The normalized spacial score (nSPS) is 17.3. The molecule has 0 bridgehead atoms. The minimum Gasteiger partial charge on any atom is -0.549 e. The number of nitrogens with one attached hydrogen (secondary N) is 6. The fourth-order valence-corrected chi connectivity index (χ4v) is 15.2. The summed E-state index contributed by atoms with van der Waals surface area (Å²) in [5.41, 5.74) is 14.0. The predicted molar refractivity (Wildman–Crippen MR) is 445 cm³/mol. The number of carboxylic acids is 3. The van der Waals surface area contributed by atoms with E-state index in [1.165, 1.54) is 6.92 Å². The number of fused-ring (bicyclic) bond motifs is 1. The summed E-state index contributed by atoms with van der Waals surface area (Å²) in [6, 6.07) is 12.3. The summed E-state index contributed by atoms with van der Waals surface area (Å²) in [5.74, 6) is -10.0. The predicted octanol–water partition coefficient (Wildman–Crippen LogP) is 1.96. The molecule has 6 rings (SSSR count). The SMILES string of the molecule is CC(=O)[C@H](C)CC(=O)[C@H](Cc1c[nH]c2ccccc12)NC(=O)[C@H](CCC(N)=O)CC(=O)[C@@H](Cc1ccccc1)NC(=O)CN1CCC(CC(=O)CN2CCN(CC(=O)[O-])CCN(CC(=O)O)CCN(CC(=O)O)CC2)CC1.CN[C@H](C(=O)CCC(=O)N[C@@H](CC1=CCC=N1)C(=O)C[C@@H](CC(C)C)[C@@H](O)CC(=O)N[C@@H](CC(C)C)C(N)=O)C(C)C. The number of aliphatic carboxylic acids is 3. The van der Waals surface area contributed by atoms with E-state index < -0.39 is 107 Å². The Kier molecular flexibility index (Phi) is 43.5. The highest BCUT2D eigenvalue weighted by Gasteiger charge is 2.36. The Hall–Kier alpha value is -9.64. The smallest absolute Gasteiger partial charge is 0.317 e. The highest BCUT2D eigenvalue weighted by Crippen LogP contribution is 2.28. The number of rotatable bonds is 50. The van der Waals surface area contributed by atoms with E-state index in [0.717, 1.165) is 22.0 Å². The summed E-state index contributed by atoms with van der Waals surface area (Å²) in [6.07, 6.45) is 6.43. The van der Waals surface area contributed by atoms with Gasteiger partial charge in [0.15, 0.2) is 23.1 Å². The number of hydrogen-bond donors (Lipinski definition) is 11. The number of primary amides is 2. The molecule has 9 atom stereocenters. The van der Waals surface area contributed by atoms with E-state index in [0.29, 0.717) is 64.0 Å². The Bertz CT molecular complexity index is 3920. The van der Waals surface area contributed by atoms with Gasteiger partial charge in [0.1, 0.15) is 17.6 Å². The molecule has 2 aromatic carbocycles. The van der Waals surface area contributed by atoms with Gasteiger partial charge in [-0.25, -0.2) is 0 Å². The van der Waals surface area contributed by atoms with Crippen LogP contribution in [-0.2, 0) is 84.8 Å². The molecular weight excluding hydrogens is 1530 g/mol. The molecule has 3 aliphatic heterocycles. The highest BCUT2D eigenvalue weighted by molar-refractivity contribution is 5.97. The van der Waals surface area contributed by atoms with Gasteiger partial charge in [0, 0.05) is 164 Å². The number of carbonyl (C=O) groups is 15. The molecule has 6 amide bonds. The van der Waals surface area contributed by atoms with Gasteiger partial charge in [0.05, 0.1) is 68.8 Å². The quantitative estimate of drug-likeness (QED) is 0.0385. The van der Waals surface area contributed by atoms with Gasteiger partial charge in [0.25, 0.3) is 0 Å². The number of nitrogens with two attached hydrogens (primary N) is 2. The number of allylic oxidation sites excluding steroid dienone is 1. The Balaban J connectivity index is 0.000000507. The number of hydrogen-bond acceptors (Lipinski definition) is 24. The van der Waals surface area contributed by atoms with Crippen LogP contribution >= 0.6 is 0 Å². The summed E-state index contributed by atoms with van der Waals surface area (Å²) >= 11 is 0.